The van der Waals surface area contributed by atoms with E-state index in [0.717, 1.165) is 0 Å². The maximum Gasteiger partial charge on any atom is 0.293 e. The summed E-state index contributed by atoms with van der Waals surface area (Å²) in [6, 6.07) is 0. The lowest BCUT2D eigenvalue weighted by Crippen LogP contribution is -2.41. The molecule has 0 saturated carbocycles. The molecule has 0 aliphatic rings. The second kappa shape index (κ2) is 5.97. The van der Waals surface area contributed by atoms with Gasteiger partial charge < -0.3 is 14.2 Å². The predicted octanol–water partition coefficient (Wildman–Crippen LogP) is 0.601. The Morgan fingerprint density at radius 2 is 1.75 bits per heavy atom. The fourth-order valence-corrected chi connectivity index (χ4v) is 1.03. The molecule has 0 aromatic rings. The number of hydrogen-bond acceptors (Lipinski definition) is 4. The zero-order valence-electron chi connectivity index (χ0n) is 7.83. The molecule has 0 bridgehead atoms. The van der Waals surface area contributed by atoms with Crippen LogP contribution in [0.15, 0.2) is 0 Å². The molecule has 0 saturated heterocycles. The first-order chi connectivity index (χ1) is 5.74. The van der Waals surface area contributed by atoms with Gasteiger partial charge in [-0.15, -0.1) is 0 Å². The zero-order valence-corrected chi connectivity index (χ0v) is 7.83. The molecular formula is C8H16O4. The molecular weight excluding hydrogens is 160 g/mol. The Labute approximate surface area is 72.8 Å². The van der Waals surface area contributed by atoms with E-state index in [1.807, 2.05) is 6.92 Å². The third-order valence-electron chi connectivity index (χ3n) is 1.76. The summed E-state index contributed by atoms with van der Waals surface area (Å²) >= 11 is 0. The van der Waals surface area contributed by atoms with Gasteiger partial charge in [-0.05, 0) is 6.42 Å². The summed E-state index contributed by atoms with van der Waals surface area (Å²) in [6.45, 7) is 3.06. The van der Waals surface area contributed by atoms with Crippen molar-refractivity contribution in [2.45, 2.75) is 18.9 Å². The van der Waals surface area contributed by atoms with Crippen molar-refractivity contribution >= 4 is 6.47 Å². The topological polar surface area (TPSA) is 44.8 Å². The van der Waals surface area contributed by atoms with E-state index >= 15 is 0 Å². The molecule has 0 fully saturated rings. The molecule has 0 aromatic carbocycles. The van der Waals surface area contributed by atoms with Crippen LogP contribution in [0.4, 0.5) is 0 Å². The summed E-state index contributed by atoms with van der Waals surface area (Å²) in [5.41, 5.74) is -0.620. The predicted molar refractivity (Wildman–Crippen MR) is 43.9 cm³/mol. The maximum absolute atomic E-state index is 10.2. The minimum atomic E-state index is -0.620. The van der Waals surface area contributed by atoms with E-state index < -0.39 is 5.60 Å². The van der Waals surface area contributed by atoms with Crippen molar-refractivity contribution in [2.75, 3.05) is 27.4 Å². The molecule has 0 rings (SSSR count). The summed E-state index contributed by atoms with van der Waals surface area (Å²) in [5, 5.41) is 0. The van der Waals surface area contributed by atoms with Gasteiger partial charge in [0, 0.05) is 14.2 Å². The Morgan fingerprint density at radius 3 is 2.00 bits per heavy atom. The summed E-state index contributed by atoms with van der Waals surface area (Å²) in [7, 11) is 3.13. The first-order valence-electron chi connectivity index (χ1n) is 3.84. The second-order valence-electron chi connectivity index (χ2n) is 2.62. The zero-order chi connectivity index (χ0) is 9.45. The lowest BCUT2D eigenvalue weighted by atomic mass is 10.0. The van der Waals surface area contributed by atoms with Crippen LogP contribution in [0.1, 0.15) is 13.3 Å². The molecule has 0 radical (unpaired) electrons. The standard InChI is InChI=1S/C8H16O4/c1-4-8(5-10-2,6-11-3)12-7-9/h7H,4-6H2,1-3H3. The van der Waals surface area contributed by atoms with Crippen molar-refractivity contribution < 1.29 is 19.0 Å². The van der Waals surface area contributed by atoms with Crippen molar-refractivity contribution in [3.8, 4) is 0 Å². The summed E-state index contributed by atoms with van der Waals surface area (Å²) in [4.78, 5) is 10.2. The van der Waals surface area contributed by atoms with Crippen LogP contribution in [0, 0.1) is 0 Å². The fraction of sp³-hybridized carbons (Fsp3) is 0.875. The van der Waals surface area contributed by atoms with E-state index in [9.17, 15) is 4.79 Å². The molecule has 0 unspecified atom stereocenters. The SMILES string of the molecule is CCC(COC)(COC)OC=O. The molecule has 4 heteroatoms. The van der Waals surface area contributed by atoms with Gasteiger partial charge in [-0.25, -0.2) is 0 Å². The first-order valence-corrected chi connectivity index (χ1v) is 3.84. The molecule has 0 amide bonds. The average molecular weight is 176 g/mol. The number of rotatable bonds is 7. The average Bonchev–Trinajstić information content (AvgIpc) is 2.06. The molecule has 0 heterocycles. The van der Waals surface area contributed by atoms with Crippen LogP contribution in [0.5, 0.6) is 0 Å². The van der Waals surface area contributed by atoms with Crippen LogP contribution in [-0.2, 0) is 19.0 Å². The molecule has 0 atom stereocenters. The highest BCUT2D eigenvalue weighted by molar-refractivity contribution is 5.38. The number of carbonyl (C=O) groups excluding carboxylic acids is 1. The third kappa shape index (κ3) is 3.19. The van der Waals surface area contributed by atoms with E-state index in [1.54, 1.807) is 14.2 Å². The van der Waals surface area contributed by atoms with Crippen molar-refractivity contribution in [1.29, 1.82) is 0 Å². The van der Waals surface area contributed by atoms with E-state index in [0.29, 0.717) is 26.1 Å². The van der Waals surface area contributed by atoms with Crippen LogP contribution in [0.3, 0.4) is 0 Å². The minimum absolute atomic E-state index is 0.357. The van der Waals surface area contributed by atoms with Crippen LogP contribution < -0.4 is 0 Å². The van der Waals surface area contributed by atoms with Gasteiger partial charge in [0.15, 0.2) is 5.60 Å². The van der Waals surface area contributed by atoms with Crippen molar-refractivity contribution in [2.24, 2.45) is 0 Å². The van der Waals surface area contributed by atoms with Gasteiger partial charge >= 0.3 is 0 Å². The summed E-state index contributed by atoms with van der Waals surface area (Å²) in [6.07, 6.45) is 0.674. The molecule has 0 aliphatic carbocycles. The summed E-state index contributed by atoms with van der Waals surface area (Å²) in [5.74, 6) is 0. The van der Waals surface area contributed by atoms with Gasteiger partial charge in [0.05, 0.1) is 13.2 Å². The van der Waals surface area contributed by atoms with Gasteiger partial charge in [-0.3, -0.25) is 4.79 Å². The lowest BCUT2D eigenvalue weighted by Gasteiger charge is -2.28. The van der Waals surface area contributed by atoms with Crippen LogP contribution >= 0.6 is 0 Å². The second-order valence-corrected chi connectivity index (χ2v) is 2.62. The quantitative estimate of drug-likeness (QED) is 0.533. The molecule has 12 heavy (non-hydrogen) atoms. The number of ether oxygens (including phenoxy) is 3. The third-order valence-corrected chi connectivity index (χ3v) is 1.76. The largest absolute Gasteiger partial charge is 0.456 e. The number of carbonyl (C=O) groups is 1. The van der Waals surface area contributed by atoms with Gasteiger partial charge in [0.25, 0.3) is 6.47 Å². The Hall–Kier alpha value is -0.610. The molecule has 72 valence electrons. The lowest BCUT2D eigenvalue weighted by molar-refractivity contribution is -0.158. The Kier molecular flexibility index (Phi) is 5.66. The number of hydrogen-bond donors (Lipinski definition) is 0. The van der Waals surface area contributed by atoms with E-state index in [-0.39, 0.29) is 0 Å². The van der Waals surface area contributed by atoms with Crippen LogP contribution in [0.25, 0.3) is 0 Å². The van der Waals surface area contributed by atoms with Crippen LogP contribution in [-0.4, -0.2) is 39.5 Å². The molecule has 0 aromatic heterocycles. The Bertz CT molecular complexity index is 118. The van der Waals surface area contributed by atoms with E-state index in [4.69, 9.17) is 14.2 Å². The molecule has 0 spiro atoms. The summed E-state index contributed by atoms with van der Waals surface area (Å²) < 4.78 is 14.8. The van der Waals surface area contributed by atoms with Gasteiger partial charge in [-0.1, -0.05) is 6.92 Å². The van der Waals surface area contributed by atoms with Gasteiger partial charge in [0.2, 0.25) is 0 Å². The van der Waals surface area contributed by atoms with E-state index in [1.165, 1.54) is 0 Å². The van der Waals surface area contributed by atoms with Crippen molar-refractivity contribution in [1.82, 2.24) is 0 Å². The highest BCUT2D eigenvalue weighted by Gasteiger charge is 2.29. The fourth-order valence-electron chi connectivity index (χ4n) is 1.03. The highest BCUT2D eigenvalue weighted by atomic mass is 16.6. The Balaban J connectivity index is 4.15. The van der Waals surface area contributed by atoms with Crippen molar-refractivity contribution in [3.63, 3.8) is 0 Å². The monoisotopic (exact) mass is 176 g/mol. The van der Waals surface area contributed by atoms with Gasteiger partial charge in [-0.2, -0.15) is 0 Å². The van der Waals surface area contributed by atoms with Crippen molar-refractivity contribution in [3.05, 3.63) is 0 Å². The van der Waals surface area contributed by atoms with Gasteiger partial charge in [0.1, 0.15) is 0 Å². The molecule has 0 aliphatic heterocycles. The smallest absolute Gasteiger partial charge is 0.293 e. The minimum Gasteiger partial charge on any atom is -0.456 e. The van der Waals surface area contributed by atoms with Crippen LogP contribution in [0.2, 0.25) is 0 Å². The van der Waals surface area contributed by atoms with E-state index in [2.05, 4.69) is 0 Å². The Morgan fingerprint density at radius 1 is 1.25 bits per heavy atom. The number of methoxy groups -OCH3 is 2. The maximum atomic E-state index is 10.2. The first kappa shape index (κ1) is 11.4. The molecule has 4 nitrogen and oxygen atoms in total. The highest BCUT2D eigenvalue weighted by Crippen LogP contribution is 2.15. The molecule has 0 N–H and O–H groups in total. The normalized spacial score (nSPS) is 11.2.